The van der Waals surface area contributed by atoms with Crippen LogP contribution in [0.2, 0.25) is 0 Å². The zero-order chi connectivity index (χ0) is 24.7. The summed E-state index contributed by atoms with van der Waals surface area (Å²) in [4.78, 5) is 15.6. The zero-order valence-electron chi connectivity index (χ0n) is 20.6. The molecule has 190 valence electrons. The Hall–Kier alpha value is -2.10. The Morgan fingerprint density at radius 3 is 2.34 bits per heavy atom. The van der Waals surface area contributed by atoms with Gasteiger partial charge in [0.05, 0.1) is 24.7 Å². The van der Waals surface area contributed by atoms with Crippen molar-refractivity contribution in [2.45, 2.75) is 43.5 Å². The highest BCUT2D eigenvalue weighted by Crippen LogP contribution is 2.23. The Morgan fingerprint density at radius 2 is 1.66 bits per heavy atom. The van der Waals surface area contributed by atoms with Crippen LogP contribution in [0.15, 0.2) is 53.4 Å². The summed E-state index contributed by atoms with van der Waals surface area (Å²) in [5.41, 5.74) is 2.85. The summed E-state index contributed by atoms with van der Waals surface area (Å²) in [6.45, 7) is 7.06. The zero-order valence-corrected chi connectivity index (χ0v) is 21.4. The number of benzene rings is 2. The van der Waals surface area contributed by atoms with Crippen LogP contribution in [0.5, 0.6) is 0 Å². The topological polar surface area (TPSA) is 79.0 Å². The number of ether oxygens (including phenoxy) is 1. The first kappa shape index (κ1) is 26.0. The molecule has 4 rings (SSSR count). The smallest absolute Gasteiger partial charge is 0.243 e. The van der Waals surface area contributed by atoms with Crippen LogP contribution in [-0.4, -0.2) is 75.9 Å². The number of carbonyl (C=O) groups is 1. The number of aryl methyl sites for hydroxylation is 1. The van der Waals surface area contributed by atoms with Crippen molar-refractivity contribution in [1.82, 2.24) is 14.5 Å². The average Bonchev–Trinajstić information content (AvgIpc) is 3.18. The van der Waals surface area contributed by atoms with Gasteiger partial charge in [-0.05, 0) is 37.5 Å². The molecule has 1 N–H and O–H groups in total. The molecule has 0 bridgehead atoms. The SMILES string of the molecule is Cc1ccc(C(CNCC(=O)c2cccc(S(=O)(=O)N3CCCCCC3)c2)N2CCOCC2)cc1. The molecule has 0 saturated carbocycles. The second kappa shape index (κ2) is 12.2. The Bertz CT molecular complexity index is 1070. The van der Waals surface area contributed by atoms with E-state index >= 15 is 0 Å². The normalized spacial score (nSPS) is 19.2. The number of hydrogen-bond donors (Lipinski definition) is 1. The van der Waals surface area contributed by atoms with Crippen molar-refractivity contribution in [2.75, 3.05) is 52.5 Å². The van der Waals surface area contributed by atoms with Crippen molar-refractivity contribution in [1.29, 1.82) is 0 Å². The number of ketones is 1. The molecule has 2 aromatic carbocycles. The summed E-state index contributed by atoms with van der Waals surface area (Å²) < 4.78 is 33.4. The minimum Gasteiger partial charge on any atom is -0.379 e. The van der Waals surface area contributed by atoms with Crippen molar-refractivity contribution in [3.05, 3.63) is 65.2 Å². The van der Waals surface area contributed by atoms with Gasteiger partial charge >= 0.3 is 0 Å². The fourth-order valence-corrected chi connectivity index (χ4v) is 6.38. The highest BCUT2D eigenvalue weighted by molar-refractivity contribution is 7.89. The van der Waals surface area contributed by atoms with Crippen LogP contribution in [0.4, 0.5) is 0 Å². The molecule has 0 radical (unpaired) electrons. The minimum absolute atomic E-state index is 0.109. The number of morpholine rings is 1. The molecule has 35 heavy (non-hydrogen) atoms. The molecule has 2 fully saturated rings. The van der Waals surface area contributed by atoms with E-state index in [9.17, 15) is 13.2 Å². The Balaban J connectivity index is 1.41. The van der Waals surface area contributed by atoms with Crippen LogP contribution >= 0.6 is 0 Å². The van der Waals surface area contributed by atoms with Gasteiger partial charge in [-0.1, -0.05) is 54.8 Å². The molecule has 0 aliphatic carbocycles. The van der Waals surface area contributed by atoms with Gasteiger partial charge < -0.3 is 10.1 Å². The highest BCUT2D eigenvalue weighted by atomic mass is 32.2. The third-order valence-electron chi connectivity index (χ3n) is 6.93. The van der Waals surface area contributed by atoms with Crippen LogP contribution in [0.1, 0.15) is 53.2 Å². The summed E-state index contributed by atoms with van der Waals surface area (Å²) >= 11 is 0. The molecule has 2 aliphatic rings. The number of carbonyl (C=O) groups excluding carboxylic acids is 1. The van der Waals surface area contributed by atoms with E-state index in [1.807, 2.05) is 0 Å². The number of rotatable bonds is 9. The number of nitrogens with zero attached hydrogens (tertiary/aromatic N) is 2. The lowest BCUT2D eigenvalue weighted by Crippen LogP contribution is -2.43. The molecular formula is C27H37N3O4S. The molecule has 0 spiro atoms. The second-order valence-electron chi connectivity index (χ2n) is 9.48. The van der Waals surface area contributed by atoms with Gasteiger partial charge in [0.1, 0.15) is 0 Å². The molecular weight excluding hydrogens is 462 g/mol. The molecule has 8 heteroatoms. The monoisotopic (exact) mass is 499 g/mol. The van der Waals surface area contributed by atoms with Crippen molar-refractivity contribution in [3.8, 4) is 0 Å². The lowest BCUT2D eigenvalue weighted by Gasteiger charge is -2.35. The van der Waals surface area contributed by atoms with Crippen LogP contribution in [0, 0.1) is 6.92 Å². The van der Waals surface area contributed by atoms with Crippen molar-refractivity contribution in [2.24, 2.45) is 0 Å². The van der Waals surface area contributed by atoms with E-state index in [4.69, 9.17) is 4.74 Å². The highest BCUT2D eigenvalue weighted by Gasteiger charge is 2.26. The standard InChI is InChI=1S/C27H37N3O4S/c1-22-9-11-23(12-10-22)26(29-15-17-34-18-16-29)20-28-21-27(31)24-7-6-8-25(19-24)35(32,33)30-13-4-2-3-5-14-30/h6-12,19,26,28H,2-5,13-18,20-21H2,1H3. The maximum Gasteiger partial charge on any atom is 0.243 e. The van der Waals surface area contributed by atoms with E-state index in [1.165, 1.54) is 17.2 Å². The van der Waals surface area contributed by atoms with E-state index in [2.05, 4.69) is 41.4 Å². The number of sulfonamides is 1. The van der Waals surface area contributed by atoms with Crippen LogP contribution in [0.3, 0.4) is 0 Å². The first-order valence-corrected chi connectivity index (χ1v) is 14.1. The summed E-state index contributed by atoms with van der Waals surface area (Å²) in [5.74, 6) is -0.109. The van der Waals surface area contributed by atoms with Gasteiger partial charge in [0.15, 0.2) is 5.78 Å². The van der Waals surface area contributed by atoms with Gasteiger partial charge in [-0.15, -0.1) is 0 Å². The molecule has 2 aliphatic heterocycles. The lowest BCUT2D eigenvalue weighted by molar-refractivity contribution is 0.0162. The first-order valence-electron chi connectivity index (χ1n) is 12.7. The third-order valence-corrected chi connectivity index (χ3v) is 8.83. The largest absolute Gasteiger partial charge is 0.379 e. The van der Waals surface area contributed by atoms with Crippen molar-refractivity contribution < 1.29 is 17.9 Å². The Labute approximate surface area is 209 Å². The molecule has 0 amide bonds. The molecule has 7 nitrogen and oxygen atoms in total. The summed E-state index contributed by atoms with van der Waals surface area (Å²) in [6.07, 6.45) is 3.88. The van der Waals surface area contributed by atoms with E-state index in [1.54, 1.807) is 22.5 Å². The van der Waals surface area contributed by atoms with E-state index < -0.39 is 10.0 Å². The number of nitrogens with one attached hydrogen (secondary N) is 1. The lowest BCUT2D eigenvalue weighted by atomic mass is 10.0. The van der Waals surface area contributed by atoms with E-state index in [0.29, 0.717) is 38.4 Å². The van der Waals surface area contributed by atoms with Crippen LogP contribution < -0.4 is 5.32 Å². The maximum absolute atomic E-state index is 13.2. The molecule has 2 saturated heterocycles. The fraction of sp³-hybridized carbons (Fsp3) is 0.519. The van der Waals surface area contributed by atoms with Crippen molar-refractivity contribution in [3.63, 3.8) is 0 Å². The Kier molecular flexibility index (Phi) is 9.08. The second-order valence-corrected chi connectivity index (χ2v) is 11.4. The molecule has 2 heterocycles. The average molecular weight is 500 g/mol. The van der Waals surface area contributed by atoms with Crippen LogP contribution in [0.25, 0.3) is 0 Å². The fourth-order valence-electron chi connectivity index (χ4n) is 4.82. The molecule has 0 aromatic heterocycles. The Morgan fingerprint density at radius 1 is 0.971 bits per heavy atom. The maximum atomic E-state index is 13.2. The molecule has 1 atom stereocenters. The first-order chi connectivity index (χ1) is 16.9. The molecule has 1 unspecified atom stereocenters. The summed E-state index contributed by atoms with van der Waals surface area (Å²) in [5, 5.41) is 3.33. The van der Waals surface area contributed by atoms with Gasteiger partial charge in [-0.3, -0.25) is 9.69 Å². The van der Waals surface area contributed by atoms with Gasteiger partial charge in [0, 0.05) is 44.3 Å². The minimum atomic E-state index is -3.59. The predicted octanol–water partition coefficient (Wildman–Crippen LogP) is 3.41. The summed E-state index contributed by atoms with van der Waals surface area (Å²) in [6, 6.07) is 15.2. The van der Waals surface area contributed by atoms with Gasteiger partial charge in [-0.2, -0.15) is 4.31 Å². The predicted molar refractivity (Wildman–Crippen MR) is 137 cm³/mol. The number of hydrogen-bond acceptors (Lipinski definition) is 6. The summed E-state index contributed by atoms with van der Waals surface area (Å²) in [7, 11) is -3.59. The van der Waals surface area contributed by atoms with Crippen molar-refractivity contribution >= 4 is 15.8 Å². The third kappa shape index (κ3) is 6.77. The van der Waals surface area contributed by atoms with Gasteiger partial charge in [-0.25, -0.2) is 8.42 Å². The van der Waals surface area contributed by atoms with Gasteiger partial charge in [0.25, 0.3) is 0 Å². The van der Waals surface area contributed by atoms with Gasteiger partial charge in [0.2, 0.25) is 10.0 Å². The van der Waals surface area contributed by atoms with Crippen LogP contribution in [-0.2, 0) is 14.8 Å². The quantitative estimate of drug-likeness (QED) is 0.533. The van der Waals surface area contributed by atoms with E-state index in [0.717, 1.165) is 38.8 Å². The van der Waals surface area contributed by atoms with E-state index in [-0.39, 0.29) is 23.3 Å². The number of Topliss-reactive ketones (excluding diaryl/α,β-unsaturated/α-hetero) is 1. The molecule has 2 aromatic rings.